The van der Waals surface area contributed by atoms with Gasteiger partial charge in [-0.1, -0.05) is 0 Å². The van der Waals surface area contributed by atoms with Crippen LogP contribution in [0, 0.1) is 0 Å². The Labute approximate surface area is 142 Å². The number of carbonyl (C=O) groups is 2. The molecule has 0 radical (unpaired) electrons. The van der Waals surface area contributed by atoms with Gasteiger partial charge in [-0.05, 0) is 12.8 Å². The highest BCUT2D eigenvalue weighted by Crippen LogP contribution is 2.30. The van der Waals surface area contributed by atoms with Gasteiger partial charge < -0.3 is 9.88 Å². The normalized spacial score (nSPS) is 23.2. The van der Waals surface area contributed by atoms with Crippen LogP contribution in [0.4, 0.5) is 4.79 Å². The molecule has 25 heavy (non-hydrogen) atoms. The van der Waals surface area contributed by atoms with Crippen LogP contribution >= 0.6 is 0 Å². The first-order chi connectivity index (χ1) is 11.8. The quantitative estimate of drug-likeness (QED) is 0.311. The molecule has 2 atom stereocenters. The lowest BCUT2D eigenvalue weighted by Gasteiger charge is -2.28. The molecule has 2 aliphatic rings. The Kier molecular flexibility index (Phi) is 4.89. The number of nitrogens with one attached hydrogen (secondary N) is 2. The molecule has 2 bridgehead atoms. The molecule has 2 saturated heterocycles. The summed E-state index contributed by atoms with van der Waals surface area (Å²) in [7, 11) is -4.81. The largest absolute Gasteiger partial charge is 0.418 e. The van der Waals surface area contributed by atoms with Crippen molar-refractivity contribution in [3.63, 3.8) is 0 Å². The third kappa shape index (κ3) is 4.07. The van der Waals surface area contributed by atoms with E-state index in [1.165, 1.54) is 11.2 Å². The lowest BCUT2D eigenvalue weighted by molar-refractivity contribution is -0.138. The number of amides is 3. The van der Waals surface area contributed by atoms with Gasteiger partial charge in [0.2, 0.25) is 0 Å². The van der Waals surface area contributed by atoms with Gasteiger partial charge in [0, 0.05) is 24.9 Å². The standard InChI is InChI=1S/C12H17N5O7S/c18-11(15-23-4-3-8-5-13-7-14-8)10-2-1-9-6-16(10)12(19)17(9)24-25(20,21)22/h5,7,9-10H,1-4,6H2,(H,13,14)(H,15,18)(H,20,21,22). The molecular weight excluding hydrogens is 358 g/mol. The summed E-state index contributed by atoms with van der Waals surface area (Å²) in [5.41, 5.74) is 3.14. The Bertz CT molecular complexity index is 737. The summed E-state index contributed by atoms with van der Waals surface area (Å²) in [6.45, 7) is 0.343. The average Bonchev–Trinajstić information content (AvgIpc) is 3.14. The molecule has 13 heteroatoms. The fourth-order valence-corrected chi connectivity index (χ4v) is 3.27. The maximum atomic E-state index is 12.2. The van der Waals surface area contributed by atoms with Crippen LogP contribution in [0.1, 0.15) is 18.5 Å². The first kappa shape index (κ1) is 17.6. The maximum absolute atomic E-state index is 12.2. The van der Waals surface area contributed by atoms with E-state index in [2.05, 4.69) is 19.7 Å². The van der Waals surface area contributed by atoms with Gasteiger partial charge in [0.25, 0.3) is 5.91 Å². The number of hydrogen-bond acceptors (Lipinski definition) is 7. The van der Waals surface area contributed by atoms with Crippen molar-refractivity contribution >= 4 is 22.3 Å². The van der Waals surface area contributed by atoms with E-state index in [4.69, 9.17) is 9.39 Å². The zero-order valence-electron chi connectivity index (χ0n) is 13.0. The third-order valence-electron chi connectivity index (χ3n) is 4.00. The number of H-pyrrole nitrogens is 1. The summed E-state index contributed by atoms with van der Waals surface area (Å²) in [6, 6.07) is -2.14. The second-order valence-corrected chi connectivity index (χ2v) is 6.66. The number of aromatic amines is 1. The van der Waals surface area contributed by atoms with Crippen molar-refractivity contribution in [3.8, 4) is 0 Å². The van der Waals surface area contributed by atoms with Gasteiger partial charge in [-0.2, -0.15) is 13.5 Å². The minimum Gasteiger partial charge on any atom is -0.348 e. The van der Waals surface area contributed by atoms with Gasteiger partial charge in [-0.15, -0.1) is 4.28 Å². The summed E-state index contributed by atoms with van der Waals surface area (Å²) in [5, 5.41) is 0.585. The Balaban J connectivity index is 1.51. The zero-order valence-corrected chi connectivity index (χ0v) is 13.8. The number of nitrogens with zero attached hydrogens (tertiary/aromatic N) is 3. The number of aromatic nitrogens is 2. The predicted molar refractivity (Wildman–Crippen MR) is 79.8 cm³/mol. The molecule has 12 nitrogen and oxygen atoms in total. The van der Waals surface area contributed by atoms with Gasteiger partial charge in [-0.3, -0.25) is 14.2 Å². The van der Waals surface area contributed by atoms with Crippen LogP contribution in [-0.4, -0.2) is 70.1 Å². The second-order valence-electron chi connectivity index (χ2n) is 5.65. The fourth-order valence-electron chi connectivity index (χ4n) is 2.88. The molecule has 3 amide bonds. The van der Waals surface area contributed by atoms with Crippen LogP contribution in [0.2, 0.25) is 0 Å². The number of hydrogen-bond donors (Lipinski definition) is 3. The smallest absolute Gasteiger partial charge is 0.348 e. The van der Waals surface area contributed by atoms with E-state index >= 15 is 0 Å². The Morgan fingerprint density at radius 3 is 2.96 bits per heavy atom. The van der Waals surface area contributed by atoms with Crippen LogP contribution in [0.25, 0.3) is 0 Å². The van der Waals surface area contributed by atoms with Gasteiger partial charge in [0.15, 0.2) is 0 Å². The highest BCUT2D eigenvalue weighted by molar-refractivity contribution is 7.80. The van der Waals surface area contributed by atoms with Crippen molar-refractivity contribution in [2.75, 3.05) is 13.2 Å². The number of piperidine rings is 1. The number of fused-ring (bicyclic) bond motifs is 2. The fraction of sp³-hybridized carbons (Fsp3) is 0.583. The number of imidazole rings is 1. The van der Waals surface area contributed by atoms with E-state index in [9.17, 15) is 18.0 Å². The van der Waals surface area contributed by atoms with Crippen LogP contribution in [0.3, 0.4) is 0 Å². The van der Waals surface area contributed by atoms with E-state index < -0.39 is 34.4 Å². The molecule has 138 valence electrons. The second kappa shape index (κ2) is 6.95. The van der Waals surface area contributed by atoms with Crippen molar-refractivity contribution in [1.82, 2.24) is 25.4 Å². The molecule has 2 unspecified atom stereocenters. The molecular formula is C12H17N5O7S. The number of rotatable bonds is 7. The molecule has 1 aromatic rings. The monoisotopic (exact) mass is 375 g/mol. The molecule has 1 aromatic heterocycles. The predicted octanol–water partition coefficient (Wildman–Crippen LogP) is -0.997. The minimum atomic E-state index is -4.81. The van der Waals surface area contributed by atoms with Gasteiger partial charge in [0.05, 0.1) is 19.0 Å². The topological polar surface area (TPSA) is 154 Å². The number of urea groups is 1. The van der Waals surface area contributed by atoms with Gasteiger partial charge in [0.1, 0.15) is 6.04 Å². The lowest BCUT2D eigenvalue weighted by atomic mass is 10.0. The first-order valence-corrected chi connectivity index (χ1v) is 8.87. The van der Waals surface area contributed by atoms with Gasteiger partial charge >= 0.3 is 16.4 Å². The minimum absolute atomic E-state index is 0.126. The summed E-state index contributed by atoms with van der Waals surface area (Å²) in [6.07, 6.45) is 4.36. The van der Waals surface area contributed by atoms with E-state index in [0.29, 0.717) is 24.3 Å². The molecule has 0 aliphatic carbocycles. The maximum Gasteiger partial charge on any atom is 0.418 e. The first-order valence-electron chi connectivity index (χ1n) is 7.51. The molecule has 0 saturated carbocycles. The SMILES string of the molecule is O=C(NOCCc1cnc[nH]1)C1CCC2CN1C(=O)N2OS(=O)(=O)O. The highest BCUT2D eigenvalue weighted by atomic mass is 32.3. The Morgan fingerprint density at radius 2 is 2.28 bits per heavy atom. The summed E-state index contributed by atoms with van der Waals surface area (Å²) in [5.74, 6) is -0.509. The average molecular weight is 375 g/mol. The molecule has 3 heterocycles. The van der Waals surface area contributed by atoms with E-state index in [1.54, 1.807) is 6.20 Å². The van der Waals surface area contributed by atoms with E-state index in [-0.39, 0.29) is 13.2 Å². The Morgan fingerprint density at radius 1 is 1.48 bits per heavy atom. The van der Waals surface area contributed by atoms with Crippen LogP contribution < -0.4 is 5.48 Å². The van der Waals surface area contributed by atoms with Crippen LogP contribution in [-0.2, 0) is 30.7 Å². The summed E-state index contributed by atoms with van der Waals surface area (Å²) >= 11 is 0. The van der Waals surface area contributed by atoms with Crippen molar-refractivity contribution in [2.45, 2.75) is 31.3 Å². The van der Waals surface area contributed by atoms with Crippen molar-refractivity contribution in [3.05, 3.63) is 18.2 Å². The highest BCUT2D eigenvalue weighted by Gasteiger charge is 2.49. The van der Waals surface area contributed by atoms with Crippen molar-refractivity contribution in [2.24, 2.45) is 0 Å². The summed E-state index contributed by atoms with van der Waals surface area (Å²) in [4.78, 5) is 37.4. The lowest BCUT2D eigenvalue weighted by Crippen LogP contribution is -2.49. The van der Waals surface area contributed by atoms with E-state index in [1.807, 2.05) is 0 Å². The third-order valence-corrected chi connectivity index (χ3v) is 4.35. The van der Waals surface area contributed by atoms with E-state index in [0.717, 1.165) is 5.69 Å². The molecule has 3 N–H and O–H groups in total. The molecule has 2 aliphatic heterocycles. The zero-order chi connectivity index (χ0) is 18.0. The molecule has 2 fully saturated rings. The van der Waals surface area contributed by atoms with Crippen molar-refractivity contribution < 1.29 is 31.7 Å². The molecule has 0 aromatic carbocycles. The van der Waals surface area contributed by atoms with Gasteiger partial charge in [-0.25, -0.2) is 15.3 Å². The Hall–Kier alpha value is -2.22. The summed E-state index contributed by atoms with van der Waals surface area (Å²) < 4.78 is 34.7. The van der Waals surface area contributed by atoms with Crippen molar-refractivity contribution in [1.29, 1.82) is 0 Å². The van der Waals surface area contributed by atoms with Crippen LogP contribution in [0.5, 0.6) is 0 Å². The number of carbonyl (C=O) groups excluding carboxylic acids is 2. The molecule has 3 rings (SSSR count). The number of hydroxylamine groups is 3. The molecule has 0 spiro atoms. The van der Waals surface area contributed by atoms with Crippen LogP contribution in [0.15, 0.2) is 12.5 Å².